The smallest absolute Gasteiger partial charge is 0.308 e. The van der Waals surface area contributed by atoms with Gasteiger partial charge in [-0.3, -0.25) is 4.79 Å². The van der Waals surface area contributed by atoms with Crippen molar-refractivity contribution in [2.24, 2.45) is 0 Å². The molecule has 0 saturated heterocycles. The van der Waals surface area contributed by atoms with E-state index in [0.29, 0.717) is 6.42 Å². The van der Waals surface area contributed by atoms with E-state index in [1.54, 1.807) is 0 Å². The van der Waals surface area contributed by atoms with Crippen molar-refractivity contribution in [3.8, 4) is 0 Å². The zero-order chi connectivity index (χ0) is 15.9. The van der Waals surface area contributed by atoms with Crippen LogP contribution < -0.4 is 5.32 Å². The summed E-state index contributed by atoms with van der Waals surface area (Å²) in [4.78, 5) is 12.0. The predicted octanol–water partition coefficient (Wildman–Crippen LogP) is 4.01. The van der Waals surface area contributed by atoms with Crippen LogP contribution in [-0.4, -0.2) is 17.6 Å². The number of esters is 1. The summed E-state index contributed by atoms with van der Waals surface area (Å²) >= 11 is 0. The van der Waals surface area contributed by atoms with E-state index >= 15 is 0 Å². The molecule has 0 aliphatic carbocycles. The Bertz CT molecular complexity index is 460. The second kappa shape index (κ2) is 7.99. The molecule has 1 aromatic rings. The van der Waals surface area contributed by atoms with E-state index in [1.807, 2.05) is 58.0 Å². The highest BCUT2D eigenvalue weighted by Gasteiger charge is 2.20. The minimum atomic E-state index is -0.442. The summed E-state index contributed by atoms with van der Waals surface area (Å²) in [5.74, 6) is -0.182. The maximum atomic E-state index is 12.0. The van der Waals surface area contributed by atoms with Crippen LogP contribution in [0.1, 0.15) is 52.6 Å². The van der Waals surface area contributed by atoms with Crippen LogP contribution in [0.2, 0.25) is 0 Å². The van der Waals surface area contributed by atoms with Crippen molar-refractivity contribution in [1.82, 2.24) is 5.32 Å². The first-order chi connectivity index (χ1) is 9.81. The van der Waals surface area contributed by atoms with E-state index in [0.717, 1.165) is 0 Å². The summed E-state index contributed by atoms with van der Waals surface area (Å²) < 4.78 is 5.39. The highest BCUT2D eigenvalue weighted by molar-refractivity contribution is 5.71. The SMILES string of the molecule is C/C=C/C(CC(=O)OC(C)(C)C)NC(C)c1ccccc1. The molecule has 21 heavy (non-hydrogen) atoms. The van der Waals surface area contributed by atoms with Gasteiger partial charge in [0.25, 0.3) is 0 Å². The predicted molar refractivity (Wildman–Crippen MR) is 87.1 cm³/mol. The maximum absolute atomic E-state index is 12.0. The maximum Gasteiger partial charge on any atom is 0.308 e. The van der Waals surface area contributed by atoms with Crippen molar-refractivity contribution in [1.29, 1.82) is 0 Å². The van der Waals surface area contributed by atoms with Gasteiger partial charge in [-0.05, 0) is 40.2 Å². The van der Waals surface area contributed by atoms with Gasteiger partial charge in [0.1, 0.15) is 5.60 Å². The van der Waals surface area contributed by atoms with Crippen LogP contribution in [0.25, 0.3) is 0 Å². The second-order valence-electron chi connectivity index (χ2n) is 6.22. The summed E-state index contributed by atoms with van der Waals surface area (Å²) in [5, 5.41) is 3.46. The lowest BCUT2D eigenvalue weighted by molar-refractivity contribution is -0.155. The Labute approximate surface area is 128 Å². The molecule has 0 aliphatic rings. The van der Waals surface area contributed by atoms with Crippen molar-refractivity contribution in [2.45, 2.75) is 58.7 Å². The highest BCUT2D eigenvalue weighted by Crippen LogP contribution is 2.15. The minimum absolute atomic E-state index is 0.0277. The molecule has 0 spiro atoms. The Morgan fingerprint density at radius 1 is 1.29 bits per heavy atom. The van der Waals surface area contributed by atoms with Crippen molar-refractivity contribution in [2.75, 3.05) is 0 Å². The third-order valence-electron chi connectivity index (χ3n) is 3.00. The largest absolute Gasteiger partial charge is 0.460 e. The standard InChI is InChI=1S/C18H27NO2/c1-6-10-16(13-17(20)21-18(3,4)5)19-14(2)15-11-8-7-9-12-15/h6-12,14,16,19H,13H2,1-5H3/b10-6+. The minimum Gasteiger partial charge on any atom is -0.460 e. The summed E-state index contributed by atoms with van der Waals surface area (Å²) in [5.41, 5.74) is 0.763. The number of carbonyl (C=O) groups excluding carboxylic acids is 1. The van der Waals surface area contributed by atoms with E-state index < -0.39 is 5.60 Å². The molecular formula is C18H27NO2. The number of hydrogen-bond donors (Lipinski definition) is 1. The fourth-order valence-electron chi connectivity index (χ4n) is 2.14. The van der Waals surface area contributed by atoms with E-state index in [9.17, 15) is 4.79 Å². The normalized spacial score (nSPS) is 14.9. The van der Waals surface area contributed by atoms with Crippen molar-refractivity contribution in [3.05, 3.63) is 48.0 Å². The van der Waals surface area contributed by atoms with Gasteiger partial charge in [0.15, 0.2) is 0 Å². The first kappa shape index (κ1) is 17.4. The molecule has 0 radical (unpaired) electrons. The van der Waals surface area contributed by atoms with Gasteiger partial charge >= 0.3 is 5.97 Å². The topological polar surface area (TPSA) is 38.3 Å². The summed E-state index contributed by atoms with van der Waals surface area (Å²) in [6.45, 7) is 9.71. The molecule has 2 unspecified atom stereocenters. The number of allylic oxidation sites excluding steroid dienone is 1. The van der Waals surface area contributed by atoms with Gasteiger partial charge in [0, 0.05) is 12.1 Å². The van der Waals surface area contributed by atoms with Crippen LogP contribution in [0.3, 0.4) is 0 Å². The van der Waals surface area contributed by atoms with Gasteiger partial charge in [-0.2, -0.15) is 0 Å². The molecule has 3 heteroatoms. The van der Waals surface area contributed by atoms with Crippen molar-refractivity contribution < 1.29 is 9.53 Å². The summed E-state index contributed by atoms with van der Waals surface area (Å²) in [6, 6.07) is 10.4. The number of rotatable bonds is 6. The van der Waals surface area contributed by atoms with Crippen LogP contribution >= 0.6 is 0 Å². The number of hydrogen-bond acceptors (Lipinski definition) is 3. The number of ether oxygens (including phenoxy) is 1. The Balaban J connectivity index is 2.63. The molecule has 0 amide bonds. The van der Waals surface area contributed by atoms with Crippen molar-refractivity contribution >= 4 is 5.97 Å². The van der Waals surface area contributed by atoms with Crippen molar-refractivity contribution in [3.63, 3.8) is 0 Å². The zero-order valence-corrected chi connectivity index (χ0v) is 13.7. The lowest BCUT2D eigenvalue weighted by atomic mass is 10.1. The first-order valence-electron chi connectivity index (χ1n) is 7.47. The summed E-state index contributed by atoms with van der Waals surface area (Å²) in [6.07, 6.45) is 4.29. The van der Waals surface area contributed by atoms with E-state index in [2.05, 4.69) is 24.4 Å². The Morgan fingerprint density at radius 3 is 2.43 bits per heavy atom. The van der Waals surface area contributed by atoms with Crippen LogP contribution in [0, 0.1) is 0 Å². The second-order valence-corrected chi connectivity index (χ2v) is 6.22. The molecule has 2 atom stereocenters. The van der Waals surface area contributed by atoms with E-state index in [1.165, 1.54) is 5.56 Å². The van der Waals surface area contributed by atoms with Crippen LogP contribution in [0.4, 0.5) is 0 Å². The highest BCUT2D eigenvalue weighted by atomic mass is 16.6. The van der Waals surface area contributed by atoms with Crippen LogP contribution in [0.15, 0.2) is 42.5 Å². The Kier molecular flexibility index (Phi) is 6.63. The molecule has 0 heterocycles. The fraction of sp³-hybridized carbons (Fsp3) is 0.500. The lowest BCUT2D eigenvalue weighted by Gasteiger charge is -2.24. The Morgan fingerprint density at radius 2 is 1.90 bits per heavy atom. The van der Waals surface area contributed by atoms with Gasteiger partial charge in [-0.25, -0.2) is 0 Å². The number of carbonyl (C=O) groups is 1. The fourth-order valence-corrected chi connectivity index (χ4v) is 2.14. The molecule has 0 aliphatic heterocycles. The number of benzene rings is 1. The third kappa shape index (κ3) is 7.09. The van der Waals surface area contributed by atoms with Crippen LogP contribution in [-0.2, 0) is 9.53 Å². The van der Waals surface area contributed by atoms with Gasteiger partial charge in [-0.1, -0.05) is 42.5 Å². The molecule has 0 saturated carbocycles. The third-order valence-corrected chi connectivity index (χ3v) is 3.00. The lowest BCUT2D eigenvalue weighted by Crippen LogP contribution is -2.34. The average molecular weight is 289 g/mol. The van der Waals surface area contributed by atoms with Gasteiger partial charge in [0.05, 0.1) is 6.42 Å². The molecular weight excluding hydrogens is 262 g/mol. The molecule has 1 aromatic carbocycles. The summed E-state index contributed by atoms with van der Waals surface area (Å²) in [7, 11) is 0. The monoisotopic (exact) mass is 289 g/mol. The molecule has 0 fully saturated rings. The molecule has 1 rings (SSSR count). The van der Waals surface area contributed by atoms with E-state index in [-0.39, 0.29) is 18.1 Å². The Hall–Kier alpha value is -1.61. The zero-order valence-electron chi connectivity index (χ0n) is 13.7. The molecule has 116 valence electrons. The van der Waals surface area contributed by atoms with E-state index in [4.69, 9.17) is 4.74 Å². The average Bonchev–Trinajstić information content (AvgIpc) is 2.37. The molecule has 1 N–H and O–H groups in total. The first-order valence-corrected chi connectivity index (χ1v) is 7.47. The quantitative estimate of drug-likeness (QED) is 0.635. The number of nitrogens with one attached hydrogen (secondary N) is 1. The molecule has 0 bridgehead atoms. The molecule has 3 nitrogen and oxygen atoms in total. The van der Waals surface area contributed by atoms with Gasteiger partial charge in [0.2, 0.25) is 0 Å². The van der Waals surface area contributed by atoms with Crippen LogP contribution in [0.5, 0.6) is 0 Å². The molecule has 0 aromatic heterocycles. The van der Waals surface area contributed by atoms with Gasteiger partial charge < -0.3 is 10.1 Å². The van der Waals surface area contributed by atoms with Gasteiger partial charge in [-0.15, -0.1) is 0 Å².